The second kappa shape index (κ2) is 10.8. The molecule has 0 bridgehead atoms. The van der Waals surface area contributed by atoms with Gasteiger partial charge >= 0.3 is 0 Å². The van der Waals surface area contributed by atoms with Gasteiger partial charge < -0.3 is 0 Å². The molecule has 2 unspecified atom stereocenters. The van der Waals surface area contributed by atoms with Crippen molar-refractivity contribution in [2.75, 3.05) is 5.75 Å². The van der Waals surface area contributed by atoms with Crippen molar-refractivity contribution in [2.45, 2.75) is 91.9 Å². The first-order valence-corrected chi connectivity index (χ1v) is 10.5. The second-order valence-corrected chi connectivity index (χ2v) is 8.11. The van der Waals surface area contributed by atoms with Crippen LogP contribution in [0.25, 0.3) is 0 Å². The Balaban J connectivity index is 2.62. The van der Waals surface area contributed by atoms with Gasteiger partial charge in [0.1, 0.15) is 0 Å². The number of hydrogen-bond donors (Lipinski definition) is 0. The average Bonchev–Trinajstić information content (AvgIpc) is 2.96. The molecule has 1 heteroatoms. The lowest BCUT2D eigenvalue weighted by atomic mass is 9.71. The van der Waals surface area contributed by atoms with Gasteiger partial charge in [0, 0.05) is 5.75 Å². The molecule has 0 radical (unpaired) electrons. The molecule has 0 fully saturated rings. The third-order valence-electron chi connectivity index (χ3n) is 5.37. The van der Waals surface area contributed by atoms with Crippen LogP contribution in [0.3, 0.4) is 0 Å². The van der Waals surface area contributed by atoms with Gasteiger partial charge in [-0.2, -0.15) is 0 Å². The third-order valence-corrected chi connectivity index (χ3v) is 6.44. The minimum atomic E-state index is 0.521. The van der Waals surface area contributed by atoms with E-state index < -0.39 is 0 Å². The summed E-state index contributed by atoms with van der Waals surface area (Å²) in [6.07, 6.45) is 16.6. The topological polar surface area (TPSA) is 0 Å². The summed E-state index contributed by atoms with van der Waals surface area (Å²) in [5.74, 6) is 3.23. The monoisotopic (exact) mass is 310 g/mol. The highest BCUT2D eigenvalue weighted by molar-refractivity contribution is 8.02. The molecule has 0 N–H and O–H groups in total. The standard InChI is InChI=1S/C20H38S/c1-5-9-11-18(7-3)15-20(13-14-21-17-20)16-19(8-4)12-10-6-2/h13-14,18-19H,5-12,15-17H2,1-4H3. The van der Waals surface area contributed by atoms with Crippen molar-refractivity contribution in [3.63, 3.8) is 0 Å². The van der Waals surface area contributed by atoms with Crippen LogP contribution in [0.4, 0.5) is 0 Å². The molecule has 2 atom stereocenters. The van der Waals surface area contributed by atoms with E-state index in [1.54, 1.807) is 0 Å². The molecule has 1 aliphatic heterocycles. The van der Waals surface area contributed by atoms with Gasteiger partial charge in [0.2, 0.25) is 0 Å². The van der Waals surface area contributed by atoms with Crippen LogP contribution in [-0.2, 0) is 0 Å². The lowest BCUT2D eigenvalue weighted by Gasteiger charge is -2.34. The van der Waals surface area contributed by atoms with Gasteiger partial charge in [-0.25, -0.2) is 0 Å². The second-order valence-electron chi connectivity index (χ2n) is 7.22. The van der Waals surface area contributed by atoms with E-state index in [9.17, 15) is 0 Å². The molecule has 0 aromatic carbocycles. The van der Waals surface area contributed by atoms with Gasteiger partial charge in [0.25, 0.3) is 0 Å². The molecule has 0 aromatic rings. The van der Waals surface area contributed by atoms with E-state index in [0.29, 0.717) is 5.41 Å². The summed E-state index contributed by atoms with van der Waals surface area (Å²) >= 11 is 2.05. The minimum absolute atomic E-state index is 0.521. The fourth-order valence-electron chi connectivity index (χ4n) is 3.83. The van der Waals surface area contributed by atoms with Crippen molar-refractivity contribution >= 4 is 11.8 Å². The number of unbranched alkanes of at least 4 members (excludes halogenated alkanes) is 2. The van der Waals surface area contributed by atoms with Gasteiger partial charge in [-0.05, 0) is 35.5 Å². The molecular formula is C20H38S. The molecule has 0 aliphatic carbocycles. The van der Waals surface area contributed by atoms with E-state index in [1.165, 1.54) is 70.0 Å². The molecule has 0 amide bonds. The first-order valence-electron chi connectivity index (χ1n) is 9.48. The molecule has 0 nitrogen and oxygen atoms in total. The summed E-state index contributed by atoms with van der Waals surface area (Å²) in [6.45, 7) is 9.44. The number of rotatable bonds is 12. The van der Waals surface area contributed by atoms with Crippen LogP contribution >= 0.6 is 11.8 Å². The van der Waals surface area contributed by atoms with Crippen molar-refractivity contribution in [1.29, 1.82) is 0 Å². The number of hydrogen-bond acceptors (Lipinski definition) is 1. The molecule has 0 spiro atoms. The van der Waals surface area contributed by atoms with E-state index in [4.69, 9.17) is 0 Å². The summed E-state index contributed by atoms with van der Waals surface area (Å²) in [4.78, 5) is 0. The maximum absolute atomic E-state index is 2.58. The Morgan fingerprint density at radius 2 is 1.43 bits per heavy atom. The van der Waals surface area contributed by atoms with Gasteiger partial charge in [0.15, 0.2) is 0 Å². The lowest BCUT2D eigenvalue weighted by molar-refractivity contribution is 0.225. The van der Waals surface area contributed by atoms with E-state index in [2.05, 4.69) is 50.9 Å². The Morgan fingerprint density at radius 3 is 1.76 bits per heavy atom. The zero-order valence-corrected chi connectivity index (χ0v) is 15.8. The van der Waals surface area contributed by atoms with Crippen LogP contribution in [0.5, 0.6) is 0 Å². The Morgan fingerprint density at radius 1 is 0.905 bits per heavy atom. The molecular weight excluding hydrogens is 272 g/mol. The highest BCUT2D eigenvalue weighted by Crippen LogP contribution is 2.46. The van der Waals surface area contributed by atoms with Crippen molar-refractivity contribution in [3.8, 4) is 0 Å². The highest BCUT2D eigenvalue weighted by Gasteiger charge is 2.34. The van der Waals surface area contributed by atoms with Crippen LogP contribution in [-0.4, -0.2) is 5.75 Å². The summed E-state index contributed by atoms with van der Waals surface area (Å²) in [5, 5.41) is 2.39. The van der Waals surface area contributed by atoms with Crippen molar-refractivity contribution in [3.05, 3.63) is 11.5 Å². The van der Waals surface area contributed by atoms with Gasteiger partial charge in [-0.15, -0.1) is 11.8 Å². The number of thioether (sulfide) groups is 1. The van der Waals surface area contributed by atoms with Crippen molar-refractivity contribution in [1.82, 2.24) is 0 Å². The molecule has 124 valence electrons. The fourth-order valence-corrected chi connectivity index (χ4v) is 4.97. The van der Waals surface area contributed by atoms with Gasteiger partial charge in [-0.1, -0.05) is 85.1 Å². The Kier molecular flexibility index (Phi) is 9.80. The highest BCUT2D eigenvalue weighted by atomic mass is 32.2. The summed E-state index contributed by atoms with van der Waals surface area (Å²) < 4.78 is 0. The normalized spacial score (nSPS) is 24.4. The van der Waals surface area contributed by atoms with E-state index in [0.717, 1.165) is 11.8 Å². The van der Waals surface area contributed by atoms with E-state index in [-0.39, 0.29) is 0 Å². The van der Waals surface area contributed by atoms with Crippen LogP contribution in [0.1, 0.15) is 91.9 Å². The predicted molar refractivity (Wildman–Crippen MR) is 99.9 cm³/mol. The number of allylic oxidation sites excluding steroid dienone is 1. The first kappa shape index (κ1) is 19.1. The SMILES string of the molecule is CCCCC(CC)CC1(CC(CC)CCCC)C=CSC1. The van der Waals surface area contributed by atoms with Crippen LogP contribution < -0.4 is 0 Å². The molecule has 0 saturated carbocycles. The smallest absolute Gasteiger partial charge is 0.00658 e. The zero-order valence-electron chi connectivity index (χ0n) is 15.0. The Bertz CT molecular complexity index is 264. The van der Waals surface area contributed by atoms with E-state index in [1.807, 2.05) is 0 Å². The van der Waals surface area contributed by atoms with Crippen LogP contribution in [0.15, 0.2) is 11.5 Å². The third kappa shape index (κ3) is 6.80. The summed E-state index contributed by atoms with van der Waals surface area (Å²) in [7, 11) is 0. The molecule has 0 aromatic heterocycles. The van der Waals surface area contributed by atoms with Crippen molar-refractivity contribution in [2.24, 2.45) is 17.3 Å². The maximum atomic E-state index is 2.58. The largest absolute Gasteiger partial charge is 0.134 e. The summed E-state index contributed by atoms with van der Waals surface area (Å²) in [5.41, 5.74) is 0.521. The molecule has 0 saturated heterocycles. The van der Waals surface area contributed by atoms with Crippen molar-refractivity contribution < 1.29 is 0 Å². The average molecular weight is 311 g/mol. The Hall–Kier alpha value is 0.0900. The minimum Gasteiger partial charge on any atom is -0.134 e. The molecule has 1 aliphatic rings. The van der Waals surface area contributed by atoms with Gasteiger partial charge in [-0.3, -0.25) is 0 Å². The molecule has 21 heavy (non-hydrogen) atoms. The van der Waals surface area contributed by atoms with Crippen LogP contribution in [0.2, 0.25) is 0 Å². The zero-order chi connectivity index (χ0) is 15.6. The first-order chi connectivity index (χ1) is 10.2. The maximum Gasteiger partial charge on any atom is 0.00658 e. The van der Waals surface area contributed by atoms with Crippen LogP contribution in [0, 0.1) is 17.3 Å². The molecule has 1 rings (SSSR count). The predicted octanol–water partition coefficient (Wildman–Crippen LogP) is 7.45. The van der Waals surface area contributed by atoms with E-state index >= 15 is 0 Å². The quantitative estimate of drug-likeness (QED) is 0.361. The Labute approximate surface area is 138 Å². The lowest BCUT2D eigenvalue weighted by Crippen LogP contribution is -2.26. The fraction of sp³-hybridized carbons (Fsp3) is 0.900. The summed E-state index contributed by atoms with van der Waals surface area (Å²) in [6, 6.07) is 0. The van der Waals surface area contributed by atoms with Gasteiger partial charge in [0.05, 0.1) is 0 Å². The molecule has 1 heterocycles.